The van der Waals surface area contributed by atoms with Gasteiger partial charge in [-0.15, -0.1) is 0 Å². The van der Waals surface area contributed by atoms with Crippen molar-refractivity contribution in [1.82, 2.24) is 0 Å². The first-order chi connectivity index (χ1) is 9.92. The van der Waals surface area contributed by atoms with E-state index in [1.54, 1.807) is 12.1 Å². The van der Waals surface area contributed by atoms with E-state index in [2.05, 4.69) is 21.2 Å². The maximum absolute atomic E-state index is 14.1. The third-order valence-electron chi connectivity index (χ3n) is 3.53. The van der Waals surface area contributed by atoms with Crippen molar-refractivity contribution < 1.29 is 9.13 Å². The highest BCUT2D eigenvalue weighted by atomic mass is 79.9. The molecular formula is C17H19BrFNO. The van der Waals surface area contributed by atoms with E-state index in [1.165, 1.54) is 13.2 Å². The zero-order valence-electron chi connectivity index (χ0n) is 12.6. The second kappa shape index (κ2) is 6.48. The summed E-state index contributed by atoms with van der Waals surface area (Å²) < 4.78 is 20.2. The average molecular weight is 352 g/mol. The molecule has 0 amide bonds. The topological polar surface area (TPSA) is 21.3 Å². The Balaban J connectivity index is 2.28. The summed E-state index contributed by atoms with van der Waals surface area (Å²) in [7, 11) is 1.53. The molecular weight excluding hydrogens is 333 g/mol. The van der Waals surface area contributed by atoms with Gasteiger partial charge in [0.25, 0.3) is 0 Å². The van der Waals surface area contributed by atoms with E-state index in [-0.39, 0.29) is 11.9 Å². The van der Waals surface area contributed by atoms with Crippen LogP contribution in [0.25, 0.3) is 0 Å². The summed E-state index contributed by atoms with van der Waals surface area (Å²) in [5.41, 5.74) is 3.92. The van der Waals surface area contributed by atoms with Crippen LogP contribution in [0.15, 0.2) is 34.8 Å². The molecule has 2 nitrogen and oxygen atoms in total. The second-order valence-corrected chi connectivity index (χ2v) is 6.08. The predicted molar refractivity (Wildman–Crippen MR) is 88.6 cm³/mol. The standard InChI is InChI=1S/C17H19BrFNO/c1-10-7-13(18)8-11(2)17(10)20-12(3)15-6-5-14(21-4)9-16(15)19/h5-9,12,20H,1-4H3. The molecule has 1 N–H and O–H groups in total. The van der Waals surface area contributed by atoms with Gasteiger partial charge in [-0.05, 0) is 50.1 Å². The minimum absolute atomic E-state index is 0.130. The lowest BCUT2D eigenvalue weighted by molar-refractivity contribution is 0.410. The Kier molecular flexibility index (Phi) is 4.88. The van der Waals surface area contributed by atoms with Crippen molar-refractivity contribution in [3.63, 3.8) is 0 Å². The predicted octanol–water partition coefficient (Wildman–Crippen LogP) is 5.39. The van der Waals surface area contributed by atoms with Crippen LogP contribution in [0.4, 0.5) is 10.1 Å². The number of rotatable bonds is 4. The molecule has 0 radical (unpaired) electrons. The highest BCUT2D eigenvalue weighted by Crippen LogP contribution is 2.30. The van der Waals surface area contributed by atoms with Crippen molar-refractivity contribution in [2.75, 3.05) is 12.4 Å². The van der Waals surface area contributed by atoms with Crippen molar-refractivity contribution in [1.29, 1.82) is 0 Å². The van der Waals surface area contributed by atoms with E-state index in [0.717, 1.165) is 21.3 Å². The second-order valence-electron chi connectivity index (χ2n) is 5.17. The Bertz CT molecular complexity index is 634. The fourth-order valence-electron chi connectivity index (χ4n) is 2.42. The van der Waals surface area contributed by atoms with Crippen molar-refractivity contribution in [2.24, 2.45) is 0 Å². The Morgan fingerprint density at radius 3 is 2.29 bits per heavy atom. The van der Waals surface area contributed by atoms with Gasteiger partial charge in [-0.1, -0.05) is 22.0 Å². The summed E-state index contributed by atoms with van der Waals surface area (Å²) in [4.78, 5) is 0. The zero-order valence-corrected chi connectivity index (χ0v) is 14.2. The number of anilines is 1. The molecule has 4 heteroatoms. The molecule has 0 saturated carbocycles. The van der Waals surface area contributed by atoms with Crippen molar-refractivity contribution in [3.8, 4) is 5.75 Å². The lowest BCUT2D eigenvalue weighted by atomic mass is 10.0. The molecule has 2 rings (SSSR count). The largest absolute Gasteiger partial charge is 0.497 e. The Labute approximate surface area is 133 Å². The molecule has 112 valence electrons. The van der Waals surface area contributed by atoms with Crippen molar-refractivity contribution in [3.05, 3.63) is 57.3 Å². The summed E-state index contributed by atoms with van der Waals surface area (Å²) in [6, 6.07) is 8.91. The fraction of sp³-hybridized carbons (Fsp3) is 0.294. The SMILES string of the molecule is COc1ccc(C(C)Nc2c(C)cc(Br)cc2C)c(F)c1. The maximum atomic E-state index is 14.1. The summed E-state index contributed by atoms with van der Waals surface area (Å²) in [5, 5.41) is 3.40. The summed E-state index contributed by atoms with van der Waals surface area (Å²) in [5.74, 6) is 0.265. The molecule has 0 saturated heterocycles. The number of halogens is 2. The van der Waals surface area contributed by atoms with Gasteiger partial charge in [0.1, 0.15) is 11.6 Å². The van der Waals surface area contributed by atoms with Gasteiger partial charge in [0.2, 0.25) is 0 Å². The highest BCUT2D eigenvalue weighted by Gasteiger charge is 2.14. The van der Waals surface area contributed by atoms with Gasteiger partial charge < -0.3 is 10.1 Å². The quantitative estimate of drug-likeness (QED) is 0.797. The molecule has 0 spiro atoms. The van der Waals surface area contributed by atoms with Gasteiger partial charge >= 0.3 is 0 Å². The molecule has 0 aliphatic carbocycles. The number of aryl methyl sites for hydroxylation is 2. The van der Waals surface area contributed by atoms with Crippen LogP contribution in [0.1, 0.15) is 29.7 Å². The number of nitrogens with one attached hydrogen (secondary N) is 1. The molecule has 0 heterocycles. The number of benzene rings is 2. The average Bonchev–Trinajstić information content (AvgIpc) is 2.42. The van der Waals surface area contributed by atoms with Crippen molar-refractivity contribution in [2.45, 2.75) is 26.8 Å². The van der Waals surface area contributed by atoms with Crippen LogP contribution in [0.5, 0.6) is 5.75 Å². The minimum Gasteiger partial charge on any atom is -0.497 e. The normalized spacial score (nSPS) is 12.1. The number of hydrogen-bond donors (Lipinski definition) is 1. The molecule has 2 aromatic rings. The number of ether oxygens (including phenoxy) is 1. The van der Waals surface area contributed by atoms with Gasteiger partial charge in [0.05, 0.1) is 13.2 Å². The van der Waals surface area contributed by atoms with Crippen LogP contribution >= 0.6 is 15.9 Å². The molecule has 21 heavy (non-hydrogen) atoms. The lowest BCUT2D eigenvalue weighted by Crippen LogP contribution is -2.10. The smallest absolute Gasteiger partial charge is 0.132 e. The first-order valence-electron chi connectivity index (χ1n) is 6.79. The minimum atomic E-state index is -0.262. The third kappa shape index (κ3) is 3.56. The first kappa shape index (κ1) is 15.8. The maximum Gasteiger partial charge on any atom is 0.132 e. The molecule has 0 aromatic heterocycles. The van der Waals surface area contributed by atoms with Crippen LogP contribution in [0.2, 0.25) is 0 Å². The van der Waals surface area contributed by atoms with E-state index in [1.807, 2.05) is 32.9 Å². The van der Waals surface area contributed by atoms with Crippen LogP contribution in [-0.4, -0.2) is 7.11 Å². The summed E-state index contributed by atoms with van der Waals surface area (Å²) >= 11 is 3.48. The third-order valence-corrected chi connectivity index (χ3v) is 3.99. The molecule has 0 aliphatic rings. The number of hydrogen-bond acceptors (Lipinski definition) is 2. The van der Waals surface area contributed by atoms with E-state index in [0.29, 0.717) is 11.3 Å². The van der Waals surface area contributed by atoms with Gasteiger partial charge in [0.15, 0.2) is 0 Å². The molecule has 0 bridgehead atoms. The van der Waals surface area contributed by atoms with Crippen molar-refractivity contribution >= 4 is 21.6 Å². The molecule has 1 unspecified atom stereocenters. The van der Waals surface area contributed by atoms with Crippen LogP contribution in [0.3, 0.4) is 0 Å². The van der Waals surface area contributed by atoms with Gasteiger partial charge in [-0.25, -0.2) is 4.39 Å². The van der Waals surface area contributed by atoms with Gasteiger partial charge in [0, 0.05) is 21.8 Å². The fourth-order valence-corrected chi connectivity index (χ4v) is 3.11. The van der Waals surface area contributed by atoms with Gasteiger partial charge in [-0.3, -0.25) is 0 Å². The molecule has 2 aromatic carbocycles. The summed E-state index contributed by atoms with van der Waals surface area (Å²) in [6.07, 6.45) is 0. The zero-order chi connectivity index (χ0) is 15.6. The van der Waals surface area contributed by atoms with E-state index >= 15 is 0 Å². The number of methoxy groups -OCH3 is 1. The monoisotopic (exact) mass is 351 g/mol. The Hall–Kier alpha value is -1.55. The molecule has 0 aliphatic heterocycles. The van der Waals surface area contributed by atoms with Crippen LogP contribution < -0.4 is 10.1 Å². The van der Waals surface area contributed by atoms with E-state index in [4.69, 9.17) is 4.74 Å². The van der Waals surface area contributed by atoms with E-state index in [9.17, 15) is 4.39 Å². The Morgan fingerprint density at radius 1 is 1.14 bits per heavy atom. The van der Waals surface area contributed by atoms with Crippen LogP contribution in [-0.2, 0) is 0 Å². The summed E-state index contributed by atoms with van der Waals surface area (Å²) in [6.45, 7) is 6.03. The van der Waals surface area contributed by atoms with E-state index < -0.39 is 0 Å². The first-order valence-corrected chi connectivity index (χ1v) is 7.58. The molecule has 1 atom stereocenters. The lowest BCUT2D eigenvalue weighted by Gasteiger charge is -2.20. The molecule has 0 fully saturated rings. The van der Waals surface area contributed by atoms with Crippen LogP contribution in [0, 0.1) is 19.7 Å². The van der Waals surface area contributed by atoms with Gasteiger partial charge in [-0.2, -0.15) is 0 Å². The Morgan fingerprint density at radius 2 is 1.76 bits per heavy atom. The highest BCUT2D eigenvalue weighted by molar-refractivity contribution is 9.10.